The normalized spacial score (nSPS) is 30.1. The molecule has 0 bridgehead atoms. The van der Waals surface area contributed by atoms with E-state index in [1.807, 2.05) is 53.7 Å². The molecule has 0 aromatic rings. The van der Waals surface area contributed by atoms with Gasteiger partial charge in [0, 0.05) is 23.7 Å². The van der Waals surface area contributed by atoms with E-state index in [-0.39, 0.29) is 109 Å². The summed E-state index contributed by atoms with van der Waals surface area (Å²) in [5.74, 6) is -1.73. The Bertz CT molecular complexity index is 1130. The molecular formula is C41H70CaO9. The number of ketones is 1. The standard InChI is InChI=1S/C41H72O9.Ca/c1-25(21-29(5)34(43)24-35(44)30(6)22-27(3)20-26(2)14-15-38(46)47)12-11-13-28(4)39(48)31(7)36(45)23-33-16-18-41(10,49-33)37-17-19-40(9,50-37)32(8)42;/h11,13,24-33,36-37,39,42-43,45,48H,12,14-23H2,1-10H3,(H,46,47);/q;+2/p-2/t25-,26-,27+,28-,29-,30+,31+,32-,33+,36+,37-,39-,40+,41+;/m1./s1. The van der Waals surface area contributed by atoms with E-state index in [1.54, 1.807) is 6.92 Å². The van der Waals surface area contributed by atoms with E-state index in [2.05, 4.69) is 20.8 Å². The SMILES string of the molecule is C[C@H](CCC(=O)[O-])C[C@H](C)C[C@H](C)C(=O)C=C([O-])[C@H](C)C[C@H](C)CC=C[C@@H](C)[C@@H](O)[C@@H](C)[C@@H](O)C[C@@H]1CC[C@@](C)([C@H]2CC[C@@](C)([C@@H](C)O)O2)O1.[Ca+2]. The van der Waals surface area contributed by atoms with E-state index in [9.17, 15) is 35.1 Å². The van der Waals surface area contributed by atoms with Crippen molar-refractivity contribution in [3.63, 3.8) is 0 Å². The van der Waals surface area contributed by atoms with Gasteiger partial charge in [-0.05, 0) is 121 Å². The van der Waals surface area contributed by atoms with E-state index < -0.39 is 35.5 Å². The quantitative estimate of drug-likeness (QED) is 0.0607. The molecule has 2 saturated heterocycles. The number of carboxylic acid groups (broad SMARTS) is 1. The van der Waals surface area contributed by atoms with Gasteiger partial charge in [0.05, 0.1) is 41.7 Å². The molecular weight excluding hydrogens is 677 g/mol. The van der Waals surface area contributed by atoms with Crippen LogP contribution in [0.1, 0.15) is 140 Å². The van der Waals surface area contributed by atoms with Gasteiger partial charge in [-0.25, -0.2) is 0 Å². The van der Waals surface area contributed by atoms with Gasteiger partial charge in [0.15, 0.2) is 5.78 Å². The summed E-state index contributed by atoms with van der Waals surface area (Å²) in [6.45, 7) is 19.4. The fourth-order valence-electron chi connectivity index (χ4n) is 8.00. The topological polar surface area (TPSA) is 159 Å². The number of aliphatic carboxylic acids is 1. The van der Waals surface area contributed by atoms with E-state index >= 15 is 0 Å². The van der Waals surface area contributed by atoms with E-state index in [1.165, 1.54) is 6.08 Å². The van der Waals surface area contributed by atoms with Crippen LogP contribution >= 0.6 is 0 Å². The molecule has 9 nitrogen and oxygen atoms in total. The molecule has 0 aromatic heterocycles. The average molecular weight is 747 g/mol. The molecule has 0 spiro atoms. The monoisotopic (exact) mass is 746 g/mol. The molecule has 0 amide bonds. The summed E-state index contributed by atoms with van der Waals surface area (Å²) in [5.41, 5.74) is -1.02. The number of rotatable bonds is 22. The van der Waals surface area contributed by atoms with Crippen LogP contribution in [0.25, 0.3) is 0 Å². The van der Waals surface area contributed by atoms with Crippen molar-refractivity contribution in [3.05, 3.63) is 24.0 Å². The number of carboxylic acids is 1. The second kappa shape index (κ2) is 22.1. The minimum atomic E-state index is -1.04. The molecule has 290 valence electrons. The third-order valence-corrected chi connectivity index (χ3v) is 11.9. The number of hydrogen-bond donors (Lipinski definition) is 3. The molecule has 2 heterocycles. The van der Waals surface area contributed by atoms with E-state index in [4.69, 9.17) is 9.47 Å². The first kappa shape index (κ1) is 48.5. The van der Waals surface area contributed by atoms with Crippen LogP contribution < -0.4 is 10.2 Å². The molecule has 2 fully saturated rings. The first-order valence-electron chi connectivity index (χ1n) is 19.4. The zero-order chi connectivity index (χ0) is 38.0. The molecule has 2 aliphatic rings. The molecule has 51 heavy (non-hydrogen) atoms. The maximum absolute atomic E-state index is 12.9. The van der Waals surface area contributed by atoms with Crippen LogP contribution in [0.4, 0.5) is 0 Å². The van der Waals surface area contributed by atoms with Crippen LogP contribution in [0.5, 0.6) is 0 Å². The Labute approximate surface area is 339 Å². The van der Waals surface area contributed by atoms with Crippen molar-refractivity contribution in [2.75, 3.05) is 0 Å². The predicted molar refractivity (Wildman–Crippen MR) is 198 cm³/mol. The Morgan fingerprint density at radius 3 is 2.06 bits per heavy atom. The molecule has 3 N–H and O–H groups in total. The van der Waals surface area contributed by atoms with Crippen LogP contribution in [0.15, 0.2) is 24.0 Å². The second-order valence-electron chi connectivity index (χ2n) is 17.1. The van der Waals surface area contributed by atoms with Crippen LogP contribution in [0, 0.1) is 41.4 Å². The molecule has 0 saturated carbocycles. The molecule has 14 atom stereocenters. The van der Waals surface area contributed by atoms with Gasteiger partial charge in [0.2, 0.25) is 0 Å². The van der Waals surface area contributed by atoms with Crippen molar-refractivity contribution >= 4 is 49.5 Å². The zero-order valence-electron chi connectivity index (χ0n) is 33.4. The Morgan fingerprint density at radius 1 is 0.843 bits per heavy atom. The largest absolute Gasteiger partial charge is 2.00 e. The van der Waals surface area contributed by atoms with Crippen LogP contribution in [-0.2, 0) is 19.1 Å². The summed E-state index contributed by atoms with van der Waals surface area (Å²) in [6.07, 6.45) is 10.2. The maximum atomic E-state index is 12.9. The molecule has 0 aliphatic carbocycles. The maximum Gasteiger partial charge on any atom is 2.00 e. The van der Waals surface area contributed by atoms with Gasteiger partial charge in [-0.1, -0.05) is 60.6 Å². The van der Waals surface area contributed by atoms with Crippen molar-refractivity contribution in [3.8, 4) is 0 Å². The summed E-state index contributed by atoms with van der Waals surface area (Å²) in [5, 5.41) is 55.9. The van der Waals surface area contributed by atoms with Gasteiger partial charge >= 0.3 is 37.7 Å². The Hall–Kier alpha value is -0.520. The Balaban J connectivity index is 0.0000130. The van der Waals surface area contributed by atoms with Crippen molar-refractivity contribution in [2.24, 2.45) is 41.4 Å². The van der Waals surface area contributed by atoms with Crippen molar-refractivity contribution in [1.29, 1.82) is 0 Å². The van der Waals surface area contributed by atoms with Crippen molar-refractivity contribution in [2.45, 2.75) is 182 Å². The number of aliphatic hydroxyl groups excluding tert-OH is 3. The third-order valence-electron chi connectivity index (χ3n) is 11.9. The minimum Gasteiger partial charge on any atom is -0.875 e. The molecule has 0 unspecified atom stereocenters. The minimum absolute atomic E-state index is 0. The second-order valence-corrected chi connectivity index (χ2v) is 17.1. The molecule has 0 aromatic carbocycles. The van der Waals surface area contributed by atoms with Gasteiger partial charge in [-0.3, -0.25) is 4.79 Å². The number of aliphatic hydroxyl groups is 3. The van der Waals surface area contributed by atoms with Gasteiger partial charge < -0.3 is 39.8 Å². The van der Waals surface area contributed by atoms with Crippen molar-refractivity contribution in [1.82, 2.24) is 0 Å². The van der Waals surface area contributed by atoms with Gasteiger partial charge in [-0.2, -0.15) is 0 Å². The van der Waals surface area contributed by atoms with E-state index in [0.29, 0.717) is 25.7 Å². The third kappa shape index (κ3) is 15.6. The summed E-state index contributed by atoms with van der Waals surface area (Å²) in [6, 6.07) is 0. The molecule has 10 heteroatoms. The van der Waals surface area contributed by atoms with Crippen LogP contribution in [-0.4, -0.2) is 107 Å². The Morgan fingerprint density at radius 2 is 1.47 bits per heavy atom. The molecule has 2 rings (SSSR count). The first-order chi connectivity index (χ1) is 23.2. The number of allylic oxidation sites excluding steroid dienone is 3. The van der Waals surface area contributed by atoms with E-state index in [0.717, 1.165) is 38.5 Å². The van der Waals surface area contributed by atoms with Crippen molar-refractivity contribution < 1.29 is 44.6 Å². The fraction of sp³-hybridized carbons (Fsp3) is 0.854. The van der Waals surface area contributed by atoms with Crippen LogP contribution in [0.2, 0.25) is 0 Å². The summed E-state index contributed by atoms with van der Waals surface area (Å²) in [4.78, 5) is 23.5. The number of carbonyl (C=O) groups is 2. The summed E-state index contributed by atoms with van der Waals surface area (Å²) < 4.78 is 12.7. The van der Waals surface area contributed by atoms with Gasteiger partial charge in [0.1, 0.15) is 0 Å². The molecule has 0 radical (unpaired) electrons. The fourth-order valence-corrected chi connectivity index (χ4v) is 8.00. The number of ether oxygens (including phenoxy) is 2. The number of carbonyl (C=O) groups excluding carboxylic acids is 2. The number of hydrogen-bond acceptors (Lipinski definition) is 9. The zero-order valence-corrected chi connectivity index (χ0v) is 35.6. The Kier molecular flexibility index (Phi) is 21.1. The smallest absolute Gasteiger partial charge is 0.875 e. The first-order valence-corrected chi connectivity index (χ1v) is 19.4. The average Bonchev–Trinajstić information content (AvgIpc) is 3.63. The summed E-state index contributed by atoms with van der Waals surface area (Å²) >= 11 is 0. The summed E-state index contributed by atoms with van der Waals surface area (Å²) in [7, 11) is 0. The predicted octanol–water partition coefficient (Wildman–Crippen LogP) is 4.89. The van der Waals surface area contributed by atoms with Crippen LogP contribution in [0.3, 0.4) is 0 Å². The van der Waals surface area contributed by atoms with Gasteiger partial charge in [-0.15, -0.1) is 5.76 Å². The van der Waals surface area contributed by atoms with Gasteiger partial charge in [0.25, 0.3) is 0 Å². The molecule has 2 aliphatic heterocycles.